The molecule has 1 aliphatic carbocycles. The average molecular weight is 370 g/mol. The second kappa shape index (κ2) is 8.70. The molecule has 1 fully saturated rings. The van der Waals surface area contributed by atoms with E-state index in [2.05, 4.69) is 36.1 Å². The predicted molar refractivity (Wildman–Crippen MR) is 107 cm³/mol. The van der Waals surface area contributed by atoms with Crippen LogP contribution in [0.2, 0.25) is 0 Å². The summed E-state index contributed by atoms with van der Waals surface area (Å²) in [6, 6.07) is 12.0. The molecule has 1 aliphatic rings. The molecule has 3 rings (SSSR count). The Kier molecular flexibility index (Phi) is 6.32. The SMILES string of the molecule is CCN(CC)CCCC(C)NC(=O)C1(c2cc(-c3ccccc3)on2)CC1. The van der Waals surface area contributed by atoms with Gasteiger partial charge in [-0.25, -0.2) is 0 Å². The fraction of sp³-hybridized carbons (Fsp3) is 0.545. The minimum absolute atomic E-state index is 0.0887. The van der Waals surface area contributed by atoms with Crippen LogP contribution in [0.15, 0.2) is 40.9 Å². The zero-order chi connectivity index (χ0) is 19.3. The van der Waals surface area contributed by atoms with Crippen LogP contribution in [-0.2, 0) is 10.2 Å². The molecule has 5 heteroatoms. The van der Waals surface area contributed by atoms with Gasteiger partial charge >= 0.3 is 0 Å². The second-order valence-corrected chi connectivity index (χ2v) is 7.57. The van der Waals surface area contributed by atoms with Gasteiger partial charge in [0.05, 0.1) is 11.1 Å². The number of carbonyl (C=O) groups excluding carboxylic acids is 1. The predicted octanol–water partition coefficient (Wildman–Crippen LogP) is 4.00. The highest BCUT2D eigenvalue weighted by Crippen LogP contribution is 2.48. The molecule has 1 atom stereocenters. The lowest BCUT2D eigenvalue weighted by Crippen LogP contribution is -2.40. The van der Waals surface area contributed by atoms with Crippen LogP contribution in [0, 0.1) is 0 Å². The number of nitrogens with one attached hydrogen (secondary N) is 1. The largest absolute Gasteiger partial charge is 0.356 e. The number of rotatable bonds is 10. The summed E-state index contributed by atoms with van der Waals surface area (Å²) >= 11 is 0. The number of amides is 1. The van der Waals surface area contributed by atoms with Crippen molar-refractivity contribution in [3.8, 4) is 11.3 Å². The summed E-state index contributed by atoms with van der Waals surface area (Å²) in [6.45, 7) is 9.71. The molecule has 1 amide bonds. The molecule has 0 radical (unpaired) electrons. The van der Waals surface area contributed by atoms with E-state index in [1.165, 1.54) is 0 Å². The van der Waals surface area contributed by atoms with Gasteiger partial charge in [-0.3, -0.25) is 4.79 Å². The zero-order valence-electron chi connectivity index (χ0n) is 16.7. The quantitative estimate of drug-likeness (QED) is 0.688. The minimum Gasteiger partial charge on any atom is -0.356 e. The van der Waals surface area contributed by atoms with Crippen LogP contribution in [0.25, 0.3) is 11.3 Å². The van der Waals surface area contributed by atoms with Crippen molar-refractivity contribution in [1.29, 1.82) is 0 Å². The van der Waals surface area contributed by atoms with E-state index in [4.69, 9.17) is 4.52 Å². The summed E-state index contributed by atoms with van der Waals surface area (Å²) in [5, 5.41) is 7.42. The van der Waals surface area contributed by atoms with E-state index in [1.807, 2.05) is 36.4 Å². The summed E-state index contributed by atoms with van der Waals surface area (Å²) in [5.41, 5.74) is 1.25. The fourth-order valence-electron chi connectivity index (χ4n) is 3.56. The van der Waals surface area contributed by atoms with Crippen LogP contribution in [0.1, 0.15) is 52.1 Å². The Morgan fingerprint density at radius 2 is 1.96 bits per heavy atom. The summed E-state index contributed by atoms with van der Waals surface area (Å²) in [6.07, 6.45) is 3.77. The number of hydrogen-bond donors (Lipinski definition) is 1. The van der Waals surface area contributed by atoms with Crippen LogP contribution in [0.4, 0.5) is 0 Å². The zero-order valence-corrected chi connectivity index (χ0v) is 16.7. The summed E-state index contributed by atoms with van der Waals surface area (Å²) < 4.78 is 5.51. The number of nitrogens with zero attached hydrogens (tertiary/aromatic N) is 2. The Labute approximate surface area is 162 Å². The third-order valence-corrected chi connectivity index (χ3v) is 5.63. The number of carbonyl (C=O) groups is 1. The molecule has 0 bridgehead atoms. The third kappa shape index (κ3) is 4.59. The van der Waals surface area contributed by atoms with Crippen LogP contribution < -0.4 is 5.32 Å². The highest BCUT2D eigenvalue weighted by atomic mass is 16.5. The van der Waals surface area contributed by atoms with Gasteiger partial charge in [0.1, 0.15) is 0 Å². The summed E-state index contributed by atoms with van der Waals surface area (Å²) in [7, 11) is 0. The van der Waals surface area contributed by atoms with Crippen molar-refractivity contribution in [3.63, 3.8) is 0 Å². The monoisotopic (exact) mass is 369 g/mol. The average Bonchev–Trinajstić information content (AvgIpc) is 3.36. The van der Waals surface area contributed by atoms with Gasteiger partial charge in [0, 0.05) is 17.7 Å². The highest BCUT2D eigenvalue weighted by Gasteiger charge is 2.54. The number of benzene rings is 1. The molecule has 146 valence electrons. The topological polar surface area (TPSA) is 58.4 Å². The van der Waals surface area contributed by atoms with E-state index in [0.29, 0.717) is 0 Å². The maximum atomic E-state index is 12.9. The van der Waals surface area contributed by atoms with E-state index >= 15 is 0 Å². The molecule has 0 saturated heterocycles. The van der Waals surface area contributed by atoms with Gasteiger partial charge in [-0.2, -0.15) is 0 Å². The molecular weight excluding hydrogens is 338 g/mol. The van der Waals surface area contributed by atoms with E-state index in [1.54, 1.807) is 0 Å². The van der Waals surface area contributed by atoms with Crippen molar-refractivity contribution in [2.45, 2.75) is 57.9 Å². The number of hydrogen-bond acceptors (Lipinski definition) is 4. The smallest absolute Gasteiger partial charge is 0.232 e. The fourth-order valence-corrected chi connectivity index (χ4v) is 3.56. The number of aromatic nitrogens is 1. The second-order valence-electron chi connectivity index (χ2n) is 7.57. The van der Waals surface area contributed by atoms with Gasteiger partial charge < -0.3 is 14.7 Å². The molecule has 1 saturated carbocycles. The normalized spacial score (nSPS) is 16.3. The first-order chi connectivity index (χ1) is 13.1. The van der Waals surface area contributed by atoms with Crippen LogP contribution in [0.3, 0.4) is 0 Å². The Bertz CT molecular complexity index is 733. The Morgan fingerprint density at radius 3 is 2.59 bits per heavy atom. The van der Waals surface area contributed by atoms with Gasteiger partial charge in [0.25, 0.3) is 0 Å². The lowest BCUT2D eigenvalue weighted by Gasteiger charge is -2.21. The molecule has 0 spiro atoms. The molecule has 0 aliphatic heterocycles. The summed E-state index contributed by atoms with van der Waals surface area (Å²) in [5.74, 6) is 0.808. The van der Waals surface area contributed by atoms with Crippen molar-refractivity contribution in [1.82, 2.24) is 15.4 Å². The first kappa shape index (κ1) is 19.6. The van der Waals surface area contributed by atoms with Gasteiger partial charge in [0.2, 0.25) is 5.91 Å². The van der Waals surface area contributed by atoms with Crippen LogP contribution in [-0.4, -0.2) is 41.6 Å². The maximum absolute atomic E-state index is 12.9. The lowest BCUT2D eigenvalue weighted by molar-refractivity contribution is -0.124. The molecule has 5 nitrogen and oxygen atoms in total. The van der Waals surface area contributed by atoms with E-state index in [0.717, 1.165) is 62.3 Å². The molecule has 1 heterocycles. The molecule has 1 aromatic carbocycles. The molecule has 1 N–H and O–H groups in total. The van der Waals surface area contributed by atoms with Crippen LogP contribution in [0.5, 0.6) is 0 Å². The highest BCUT2D eigenvalue weighted by molar-refractivity contribution is 5.91. The van der Waals surface area contributed by atoms with E-state index < -0.39 is 5.41 Å². The van der Waals surface area contributed by atoms with Crippen molar-refractivity contribution >= 4 is 5.91 Å². The van der Waals surface area contributed by atoms with Gasteiger partial charge in [-0.15, -0.1) is 0 Å². The van der Waals surface area contributed by atoms with Crippen molar-refractivity contribution in [2.24, 2.45) is 0 Å². The molecule has 27 heavy (non-hydrogen) atoms. The van der Waals surface area contributed by atoms with Crippen molar-refractivity contribution in [2.75, 3.05) is 19.6 Å². The molecule has 2 aromatic rings. The first-order valence-electron chi connectivity index (χ1n) is 10.1. The third-order valence-electron chi connectivity index (χ3n) is 5.63. The standard InChI is InChI=1S/C22H31N3O2/c1-4-25(5-2)15-9-10-17(3)23-21(26)22(13-14-22)20-16-19(27-24-20)18-11-7-6-8-12-18/h6-8,11-12,16-17H,4-5,9-10,13-15H2,1-3H3,(H,23,26). The molecule has 1 unspecified atom stereocenters. The van der Waals surface area contributed by atoms with Gasteiger partial charge in [-0.05, 0) is 52.2 Å². The van der Waals surface area contributed by atoms with Gasteiger partial charge in [-0.1, -0.05) is 49.3 Å². The Hall–Kier alpha value is -2.14. The first-order valence-corrected chi connectivity index (χ1v) is 10.1. The van der Waals surface area contributed by atoms with Crippen LogP contribution >= 0.6 is 0 Å². The lowest BCUT2D eigenvalue weighted by atomic mass is 9.99. The summed E-state index contributed by atoms with van der Waals surface area (Å²) in [4.78, 5) is 15.3. The Morgan fingerprint density at radius 1 is 1.26 bits per heavy atom. The molecular formula is C22H31N3O2. The van der Waals surface area contributed by atoms with E-state index in [9.17, 15) is 4.79 Å². The van der Waals surface area contributed by atoms with Crippen molar-refractivity contribution < 1.29 is 9.32 Å². The minimum atomic E-state index is -0.496. The van der Waals surface area contributed by atoms with Crippen molar-refractivity contribution in [3.05, 3.63) is 42.1 Å². The van der Waals surface area contributed by atoms with E-state index in [-0.39, 0.29) is 11.9 Å². The van der Waals surface area contributed by atoms with Gasteiger partial charge in [0.15, 0.2) is 5.76 Å². The molecule has 1 aromatic heterocycles. The maximum Gasteiger partial charge on any atom is 0.232 e. The Balaban J connectivity index is 1.56.